The summed E-state index contributed by atoms with van der Waals surface area (Å²) in [6.45, 7) is 11.7. The molecule has 6 heteroatoms. The zero-order valence-corrected chi connectivity index (χ0v) is 15.8. The molecule has 136 valence electrons. The molecule has 2 aromatic heterocycles. The number of hydrogen-bond donors (Lipinski definition) is 2. The van der Waals surface area contributed by atoms with E-state index in [1.807, 2.05) is 27.7 Å². The number of aryl methyl sites for hydroxylation is 4. The first-order valence-corrected chi connectivity index (χ1v) is 8.52. The Kier molecular flexibility index (Phi) is 5.72. The highest BCUT2D eigenvalue weighted by Gasteiger charge is 2.25. The Bertz CT molecular complexity index is 733. The van der Waals surface area contributed by atoms with Crippen molar-refractivity contribution in [2.75, 3.05) is 13.2 Å². The summed E-state index contributed by atoms with van der Waals surface area (Å²) in [5, 5.41) is 0. The molecular formula is C19H26N2O4. The predicted octanol–water partition coefficient (Wildman–Crippen LogP) is 3.52. The van der Waals surface area contributed by atoms with Gasteiger partial charge < -0.3 is 19.4 Å². The van der Waals surface area contributed by atoms with E-state index in [9.17, 15) is 9.59 Å². The summed E-state index contributed by atoms with van der Waals surface area (Å²) in [6.07, 6.45) is 0.453. The number of carbonyl (C=O) groups excluding carboxylic acids is 2. The lowest BCUT2D eigenvalue weighted by atomic mass is 9.97. The molecule has 0 atom stereocenters. The van der Waals surface area contributed by atoms with Gasteiger partial charge in [-0.3, -0.25) is 0 Å². The lowest BCUT2D eigenvalue weighted by Gasteiger charge is -2.09. The third-order valence-electron chi connectivity index (χ3n) is 4.32. The second-order valence-electron chi connectivity index (χ2n) is 6.07. The molecule has 2 rings (SSSR count). The van der Waals surface area contributed by atoms with Gasteiger partial charge in [0, 0.05) is 29.2 Å². The molecule has 2 N–H and O–H groups in total. The van der Waals surface area contributed by atoms with Crippen LogP contribution < -0.4 is 0 Å². The lowest BCUT2D eigenvalue weighted by molar-refractivity contribution is 0.0516. The van der Waals surface area contributed by atoms with Gasteiger partial charge in [0.05, 0.1) is 24.3 Å². The van der Waals surface area contributed by atoms with Crippen LogP contribution in [0, 0.1) is 27.7 Å². The number of esters is 2. The van der Waals surface area contributed by atoms with Crippen molar-refractivity contribution in [3.05, 3.63) is 45.0 Å². The van der Waals surface area contributed by atoms with Crippen molar-refractivity contribution < 1.29 is 19.1 Å². The maximum Gasteiger partial charge on any atom is 0.340 e. The predicted molar refractivity (Wildman–Crippen MR) is 95.3 cm³/mol. The Labute approximate surface area is 147 Å². The van der Waals surface area contributed by atoms with Gasteiger partial charge in [-0.15, -0.1) is 0 Å². The second kappa shape index (κ2) is 7.59. The first-order chi connectivity index (χ1) is 11.8. The Morgan fingerprint density at radius 1 is 0.720 bits per heavy atom. The molecule has 6 nitrogen and oxygen atoms in total. The Morgan fingerprint density at radius 3 is 1.40 bits per heavy atom. The molecule has 0 bridgehead atoms. The van der Waals surface area contributed by atoms with Gasteiger partial charge in [0.1, 0.15) is 0 Å². The van der Waals surface area contributed by atoms with Gasteiger partial charge in [-0.1, -0.05) is 0 Å². The fourth-order valence-corrected chi connectivity index (χ4v) is 3.24. The number of carbonyl (C=O) groups is 2. The van der Waals surface area contributed by atoms with Crippen LogP contribution in [0.1, 0.15) is 68.5 Å². The summed E-state index contributed by atoms with van der Waals surface area (Å²) in [6, 6.07) is 0. The van der Waals surface area contributed by atoms with E-state index in [0.717, 1.165) is 33.9 Å². The molecule has 0 spiro atoms. The van der Waals surface area contributed by atoms with Crippen molar-refractivity contribution in [3.63, 3.8) is 0 Å². The van der Waals surface area contributed by atoms with E-state index < -0.39 is 0 Å². The molecule has 2 heterocycles. The third-order valence-corrected chi connectivity index (χ3v) is 4.32. The molecule has 0 aliphatic heterocycles. The van der Waals surface area contributed by atoms with Gasteiger partial charge >= 0.3 is 11.9 Å². The molecule has 0 aliphatic rings. The number of aromatic nitrogens is 2. The molecule has 0 radical (unpaired) electrons. The van der Waals surface area contributed by atoms with Gasteiger partial charge in [0.2, 0.25) is 0 Å². The SMILES string of the molecule is CCOC(=O)c1c(C)[nH]c(C)c1Cc1c(C)[nH]c(C)c1C(=O)OCC. The van der Waals surface area contributed by atoms with E-state index in [1.54, 1.807) is 13.8 Å². The van der Waals surface area contributed by atoms with Crippen LogP contribution in [0.2, 0.25) is 0 Å². The van der Waals surface area contributed by atoms with Crippen molar-refractivity contribution in [3.8, 4) is 0 Å². The summed E-state index contributed by atoms with van der Waals surface area (Å²) in [4.78, 5) is 31.1. The Hall–Kier alpha value is -2.50. The quantitative estimate of drug-likeness (QED) is 0.784. The van der Waals surface area contributed by atoms with Crippen molar-refractivity contribution >= 4 is 11.9 Å². The number of H-pyrrole nitrogens is 2. The second-order valence-corrected chi connectivity index (χ2v) is 6.07. The number of aromatic amines is 2. The molecule has 0 fully saturated rings. The zero-order chi connectivity index (χ0) is 18.7. The van der Waals surface area contributed by atoms with Crippen LogP contribution in [0.4, 0.5) is 0 Å². The third kappa shape index (κ3) is 3.62. The van der Waals surface area contributed by atoms with Crippen LogP contribution in [0.5, 0.6) is 0 Å². The van der Waals surface area contributed by atoms with E-state index >= 15 is 0 Å². The largest absolute Gasteiger partial charge is 0.462 e. The fraction of sp³-hybridized carbons (Fsp3) is 0.474. The molecule has 0 aromatic carbocycles. The molecule has 25 heavy (non-hydrogen) atoms. The smallest absolute Gasteiger partial charge is 0.340 e. The van der Waals surface area contributed by atoms with E-state index in [4.69, 9.17) is 9.47 Å². The topological polar surface area (TPSA) is 84.2 Å². The normalized spacial score (nSPS) is 10.8. The summed E-state index contributed by atoms with van der Waals surface area (Å²) < 4.78 is 10.4. The van der Waals surface area contributed by atoms with E-state index in [1.165, 1.54) is 0 Å². The van der Waals surface area contributed by atoms with Crippen molar-refractivity contribution in [1.29, 1.82) is 0 Å². The lowest BCUT2D eigenvalue weighted by Crippen LogP contribution is -2.11. The maximum atomic E-state index is 12.4. The number of hydrogen-bond acceptors (Lipinski definition) is 4. The average molecular weight is 346 g/mol. The zero-order valence-electron chi connectivity index (χ0n) is 15.8. The van der Waals surface area contributed by atoms with E-state index in [0.29, 0.717) is 30.8 Å². The van der Waals surface area contributed by atoms with E-state index in [-0.39, 0.29) is 11.9 Å². The number of ether oxygens (including phenoxy) is 2. The molecule has 0 unspecified atom stereocenters. The first kappa shape index (κ1) is 18.8. The minimum atomic E-state index is -0.345. The molecule has 2 aromatic rings. The van der Waals surface area contributed by atoms with Crippen LogP contribution in [-0.2, 0) is 15.9 Å². The summed E-state index contributed by atoms with van der Waals surface area (Å²) in [5.74, 6) is -0.691. The summed E-state index contributed by atoms with van der Waals surface area (Å²) in [5.41, 5.74) is 6.14. The van der Waals surface area contributed by atoms with Crippen LogP contribution in [-0.4, -0.2) is 35.1 Å². The first-order valence-electron chi connectivity index (χ1n) is 8.52. The van der Waals surface area contributed by atoms with Crippen LogP contribution in [0.25, 0.3) is 0 Å². The highest BCUT2D eigenvalue weighted by molar-refractivity contribution is 5.95. The molecule has 0 saturated carbocycles. The van der Waals surface area contributed by atoms with Crippen molar-refractivity contribution in [1.82, 2.24) is 9.97 Å². The fourth-order valence-electron chi connectivity index (χ4n) is 3.24. The van der Waals surface area contributed by atoms with Gasteiger partial charge in [0.15, 0.2) is 0 Å². The molecule has 0 saturated heterocycles. The van der Waals surface area contributed by atoms with E-state index in [2.05, 4.69) is 9.97 Å². The molecule has 0 amide bonds. The van der Waals surface area contributed by atoms with Gasteiger partial charge in [0.25, 0.3) is 0 Å². The molecular weight excluding hydrogens is 320 g/mol. The minimum Gasteiger partial charge on any atom is -0.462 e. The highest BCUT2D eigenvalue weighted by Crippen LogP contribution is 2.28. The summed E-state index contributed by atoms with van der Waals surface area (Å²) in [7, 11) is 0. The number of rotatable bonds is 6. The van der Waals surface area contributed by atoms with Crippen LogP contribution in [0.15, 0.2) is 0 Å². The van der Waals surface area contributed by atoms with Crippen LogP contribution in [0.3, 0.4) is 0 Å². The number of nitrogens with one attached hydrogen (secondary N) is 2. The maximum absolute atomic E-state index is 12.4. The van der Waals surface area contributed by atoms with Gasteiger partial charge in [-0.05, 0) is 52.7 Å². The van der Waals surface area contributed by atoms with Crippen molar-refractivity contribution in [2.45, 2.75) is 48.0 Å². The Balaban J connectivity index is 2.51. The van der Waals surface area contributed by atoms with Crippen LogP contribution >= 0.6 is 0 Å². The van der Waals surface area contributed by atoms with Gasteiger partial charge in [-0.25, -0.2) is 9.59 Å². The molecule has 0 aliphatic carbocycles. The average Bonchev–Trinajstić information content (AvgIpc) is 2.96. The van der Waals surface area contributed by atoms with Crippen molar-refractivity contribution in [2.24, 2.45) is 0 Å². The monoisotopic (exact) mass is 346 g/mol. The summed E-state index contributed by atoms with van der Waals surface area (Å²) >= 11 is 0. The van der Waals surface area contributed by atoms with Gasteiger partial charge in [-0.2, -0.15) is 0 Å². The highest BCUT2D eigenvalue weighted by atomic mass is 16.5. The minimum absolute atomic E-state index is 0.318. The Morgan fingerprint density at radius 2 is 1.08 bits per heavy atom. The standard InChI is InChI=1S/C19H26N2O4/c1-7-24-18(22)16-12(5)20-10(3)14(16)9-15-11(4)21-13(6)17(15)19(23)25-8-2/h20-21H,7-9H2,1-6H3.